The van der Waals surface area contributed by atoms with E-state index in [1.54, 1.807) is 12.1 Å². The Morgan fingerprint density at radius 2 is 1.94 bits per heavy atom. The smallest absolute Gasteiger partial charge is 0.247 e. The molecule has 1 aromatic carbocycles. The Bertz CT molecular complexity index is 508. The van der Waals surface area contributed by atoms with E-state index < -0.39 is 10.0 Å². The van der Waals surface area contributed by atoms with Gasteiger partial charge in [0, 0.05) is 13.1 Å². The summed E-state index contributed by atoms with van der Waals surface area (Å²) < 4.78 is 25.6. The fourth-order valence-electron chi connectivity index (χ4n) is 1.65. The molecule has 0 saturated carbocycles. The molecule has 0 spiro atoms. The summed E-state index contributed by atoms with van der Waals surface area (Å²) in [6.45, 7) is 0.837. The summed E-state index contributed by atoms with van der Waals surface area (Å²) in [6, 6.07) is 6.01. The van der Waals surface area contributed by atoms with Crippen LogP contribution in [0.5, 0.6) is 5.75 Å². The maximum atomic E-state index is 12.1. The molecule has 2 rings (SSSR count). The molecule has 0 radical (unpaired) electrons. The van der Waals surface area contributed by atoms with Crippen LogP contribution in [0, 0.1) is 0 Å². The number of rotatable bonds is 2. The van der Waals surface area contributed by atoms with Crippen LogP contribution in [-0.2, 0) is 10.0 Å². The van der Waals surface area contributed by atoms with Crippen molar-refractivity contribution in [1.82, 2.24) is 4.31 Å². The van der Waals surface area contributed by atoms with Gasteiger partial charge in [0.25, 0.3) is 0 Å². The molecule has 0 saturated heterocycles. The Balaban J connectivity index is 2.39. The monoisotopic (exact) mass is 239 g/mol. The molecule has 0 aromatic heterocycles. The van der Waals surface area contributed by atoms with Crippen LogP contribution in [-0.4, -0.2) is 30.9 Å². The van der Waals surface area contributed by atoms with Gasteiger partial charge in [0.15, 0.2) is 0 Å². The highest BCUT2D eigenvalue weighted by molar-refractivity contribution is 7.89. The highest BCUT2D eigenvalue weighted by Crippen LogP contribution is 2.25. The summed E-state index contributed by atoms with van der Waals surface area (Å²) in [4.78, 5) is -0.0229. The first-order valence-electron chi connectivity index (χ1n) is 5.05. The number of hydrogen-bond acceptors (Lipinski definition) is 3. The average Bonchev–Trinajstić information content (AvgIpc) is 2.30. The normalized spacial score (nSPS) is 17.5. The molecule has 16 heavy (non-hydrogen) atoms. The number of aromatic hydroxyl groups is 1. The Morgan fingerprint density at radius 3 is 2.56 bits per heavy atom. The molecule has 0 atom stereocenters. The number of hydrogen-bond donors (Lipinski definition) is 1. The van der Waals surface area contributed by atoms with Crippen LogP contribution in [0.4, 0.5) is 0 Å². The van der Waals surface area contributed by atoms with Crippen molar-refractivity contribution in [2.24, 2.45) is 0 Å². The van der Waals surface area contributed by atoms with Crippen molar-refractivity contribution < 1.29 is 13.5 Å². The molecule has 86 valence electrons. The lowest BCUT2D eigenvalue weighted by molar-refractivity contribution is 0.424. The molecule has 1 aliphatic rings. The van der Waals surface area contributed by atoms with Gasteiger partial charge in [0.05, 0.1) is 0 Å². The average molecular weight is 239 g/mol. The zero-order valence-electron chi connectivity index (χ0n) is 8.70. The molecule has 0 unspecified atom stereocenters. The van der Waals surface area contributed by atoms with Gasteiger partial charge in [0.1, 0.15) is 10.6 Å². The number of phenols is 1. The van der Waals surface area contributed by atoms with Gasteiger partial charge in [0.2, 0.25) is 10.0 Å². The molecule has 1 N–H and O–H groups in total. The third-order valence-electron chi connectivity index (χ3n) is 2.50. The highest BCUT2D eigenvalue weighted by Gasteiger charge is 2.26. The second-order valence-corrected chi connectivity index (χ2v) is 5.50. The van der Waals surface area contributed by atoms with Gasteiger partial charge < -0.3 is 5.11 Å². The number of nitrogens with zero attached hydrogens (tertiary/aromatic N) is 1. The van der Waals surface area contributed by atoms with E-state index in [0.29, 0.717) is 19.5 Å². The first-order chi connectivity index (χ1) is 7.62. The molecule has 1 aromatic rings. The third kappa shape index (κ3) is 1.96. The van der Waals surface area contributed by atoms with Crippen molar-refractivity contribution >= 4 is 10.0 Å². The Morgan fingerprint density at radius 1 is 1.19 bits per heavy atom. The number of para-hydroxylation sites is 1. The van der Waals surface area contributed by atoms with Gasteiger partial charge in [-0.25, -0.2) is 8.42 Å². The number of benzene rings is 1. The van der Waals surface area contributed by atoms with Crippen molar-refractivity contribution in [3.63, 3.8) is 0 Å². The fourth-order valence-corrected chi connectivity index (χ4v) is 3.14. The zero-order valence-corrected chi connectivity index (χ0v) is 9.52. The predicted octanol–water partition coefficient (Wildman–Crippen LogP) is 1.34. The van der Waals surface area contributed by atoms with Gasteiger partial charge in [-0.15, -0.1) is 0 Å². The standard InChI is InChI=1S/C11H13NO3S/c13-10-6-2-3-7-11(10)16(14,15)12-8-4-1-5-9-12/h1-4,6-7,13H,5,8-9H2. The lowest BCUT2D eigenvalue weighted by atomic mass is 10.3. The highest BCUT2D eigenvalue weighted by atomic mass is 32.2. The lowest BCUT2D eigenvalue weighted by Gasteiger charge is -2.22. The van der Waals surface area contributed by atoms with Crippen LogP contribution in [0.3, 0.4) is 0 Å². The van der Waals surface area contributed by atoms with Gasteiger partial charge >= 0.3 is 0 Å². The van der Waals surface area contributed by atoms with Crippen LogP contribution in [0.2, 0.25) is 0 Å². The topological polar surface area (TPSA) is 57.6 Å². The minimum Gasteiger partial charge on any atom is -0.507 e. The van der Waals surface area contributed by atoms with Gasteiger partial charge in [-0.3, -0.25) is 0 Å². The second kappa shape index (κ2) is 4.27. The lowest BCUT2D eigenvalue weighted by Crippen LogP contribution is -2.33. The van der Waals surface area contributed by atoms with Crippen molar-refractivity contribution in [2.75, 3.05) is 13.1 Å². The molecule has 4 nitrogen and oxygen atoms in total. The van der Waals surface area contributed by atoms with Crippen LogP contribution >= 0.6 is 0 Å². The Hall–Kier alpha value is -1.33. The Labute approximate surface area is 94.9 Å². The van der Waals surface area contributed by atoms with Gasteiger partial charge in [-0.05, 0) is 18.6 Å². The molecule has 0 fully saturated rings. The molecule has 1 aliphatic heterocycles. The fraction of sp³-hybridized carbons (Fsp3) is 0.273. The minimum atomic E-state index is -3.56. The predicted molar refractivity (Wildman–Crippen MR) is 60.6 cm³/mol. The van der Waals surface area contributed by atoms with Crippen molar-refractivity contribution in [1.29, 1.82) is 0 Å². The SMILES string of the molecule is O=S(=O)(c1ccccc1O)N1CC=CCC1. The molecule has 0 bridgehead atoms. The van der Waals surface area contributed by atoms with E-state index in [-0.39, 0.29) is 10.6 Å². The van der Waals surface area contributed by atoms with E-state index in [1.807, 2.05) is 12.2 Å². The van der Waals surface area contributed by atoms with E-state index in [0.717, 1.165) is 0 Å². The summed E-state index contributed by atoms with van der Waals surface area (Å²) in [7, 11) is -3.56. The maximum absolute atomic E-state index is 12.1. The van der Waals surface area contributed by atoms with Gasteiger partial charge in [-0.1, -0.05) is 24.3 Å². The number of sulfonamides is 1. The first kappa shape index (κ1) is 11.2. The largest absolute Gasteiger partial charge is 0.507 e. The molecular formula is C11H13NO3S. The summed E-state index contributed by atoms with van der Waals surface area (Å²) in [5.74, 6) is -0.197. The van der Waals surface area contributed by atoms with Crippen LogP contribution < -0.4 is 0 Å². The Kier molecular flexibility index (Phi) is 2.98. The summed E-state index contributed by atoms with van der Waals surface area (Å²) in [6.07, 6.45) is 4.49. The summed E-state index contributed by atoms with van der Waals surface area (Å²) in [5.41, 5.74) is 0. The van der Waals surface area contributed by atoms with Crippen LogP contribution in [0.1, 0.15) is 6.42 Å². The van der Waals surface area contributed by atoms with E-state index in [2.05, 4.69) is 0 Å². The van der Waals surface area contributed by atoms with Crippen molar-refractivity contribution in [2.45, 2.75) is 11.3 Å². The third-order valence-corrected chi connectivity index (χ3v) is 4.42. The van der Waals surface area contributed by atoms with E-state index in [9.17, 15) is 13.5 Å². The van der Waals surface area contributed by atoms with E-state index >= 15 is 0 Å². The van der Waals surface area contributed by atoms with Crippen molar-refractivity contribution in [3.8, 4) is 5.75 Å². The van der Waals surface area contributed by atoms with Crippen molar-refractivity contribution in [3.05, 3.63) is 36.4 Å². The molecule has 0 aliphatic carbocycles. The van der Waals surface area contributed by atoms with Crippen LogP contribution in [0.15, 0.2) is 41.3 Å². The first-order valence-corrected chi connectivity index (χ1v) is 6.49. The van der Waals surface area contributed by atoms with E-state index in [4.69, 9.17) is 0 Å². The van der Waals surface area contributed by atoms with E-state index in [1.165, 1.54) is 16.4 Å². The number of phenolic OH excluding ortho intramolecular Hbond substituents is 1. The van der Waals surface area contributed by atoms with Gasteiger partial charge in [-0.2, -0.15) is 4.31 Å². The van der Waals surface area contributed by atoms with Crippen LogP contribution in [0.25, 0.3) is 0 Å². The summed E-state index contributed by atoms with van der Waals surface area (Å²) >= 11 is 0. The quantitative estimate of drug-likeness (QED) is 0.792. The minimum absolute atomic E-state index is 0.0229. The molecule has 1 heterocycles. The summed E-state index contributed by atoms with van der Waals surface area (Å²) in [5, 5.41) is 9.55. The molecule has 0 amide bonds. The molecular weight excluding hydrogens is 226 g/mol. The maximum Gasteiger partial charge on any atom is 0.247 e. The molecule has 5 heteroatoms. The zero-order chi connectivity index (χ0) is 11.6. The second-order valence-electron chi connectivity index (χ2n) is 3.59.